The summed E-state index contributed by atoms with van der Waals surface area (Å²) < 4.78 is 36.4. The summed E-state index contributed by atoms with van der Waals surface area (Å²) in [6.07, 6.45) is -3.18. The average Bonchev–Trinajstić information content (AvgIpc) is 2.07. The Kier molecular flexibility index (Phi) is 3.07. The minimum Gasteiger partial charge on any atom is -0.332 e. The number of nitrogens with zero attached hydrogens (tertiary/aromatic N) is 1. The molecule has 0 bridgehead atoms. The van der Waals surface area contributed by atoms with Crippen LogP contribution in [0.1, 0.15) is 26.7 Å². The third-order valence-electron chi connectivity index (χ3n) is 2.88. The molecule has 1 aliphatic heterocycles. The summed E-state index contributed by atoms with van der Waals surface area (Å²) in [6, 6.07) is -0.308. The Balaban J connectivity index is 2.72. The lowest BCUT2D eigenvalue weighted by Crippen LogP contribution is -2.51. The molecule has 1 fully saturated rings. The standard InChI is InChI=1S/C9H14F3NO/c1-6-4-3-5-13(7(6)2)8(14)9(10,11)12/h6-7H,3-5H2,1-2H3. The van der Waals surface area contributed by atoms with Crippen LogP contribution in [-0.2, 0) is 4.79 Å². The number of halogens is 3. The third-order valence-corrected chi connectivity index (χ3v) is 2.88. The molecule has 1 heterocycles. The molecule has 14 heavy (non-hydrogen) atoms. The van der Waals surface area contributed by atoms with Gasteiger partial charge in [0.25, 0.3) is 0 Å². The Bertz CT molecular complexity index is 227. The van der Waals surface area contributed by atoms with Crippen LogP contribution >= 0.6 is 0 Å². The van der Waals surface area contributed by atoms with E-state index in [1.54, 1.807) is 6.92 Å². The third kappa shape index (κ3) is 2.19. The largest absolute Gasteiger partial charge is 0.471 e. The zero-order valence-corrected chi connectivity index (χ0v) is 8.27. The molecule has 0 radical (unpaired) electrons. The number of rotatable bonds is 0. The first-order chi connectivity index (χ1) is 6.34. The van der Waals surface area contributed by atoms with E-state index < -0.39 is 12.1 Å². The topological polar surface area (TPSA) is 20.3 Å². The first-order valence-corrected chi connectivity index (χ1v) is 4.72. The summed E-state index contributed by atoms with van der Waals surface area (Å²) >= 11 is 0. The fraction of sp³-hybridized carbons (Fsp3) is 0.889. The highest BCUT2D eigenvalue weighted by Crippen LogP contribution is 2.27. The summed E-state index contributed by atoms with van der Waals surface area (Å²) in [5, 5.41) is 0. The molecule has 82 valence electrons. The second-order valence-corrected chi connectivity index (χ2v) is 3.86. The predicted molar refractivity (Wildman–Crippen MR) is 45.6 cm³/mol. The SMILES string of the molecule is CC1CCCN(C(=O)C(F)(F)F)C1C. The molecule has 0 aromatic rings. The molecule has 1 aliphatic rings. The molecule has 2 unspecified atom stereocenters. The number of carbonyl (C=O) groups excluding carboxylic acids is 1. The Morgan fingerprint density at radius 1 is 1.36 bits per heavy atom. The van der Waals surface area contributed by atoms with E-state index in [1.807, 2.05) is 6.92 Å². The van der Waals surface area contributed by atoms with Gasteiger partial charge in [-0.15, -0.1) is 0 Å². The minimum atomic E-state index is -4.73. The van der Waals surface area contributed by atoms with E-state index in [4.69, 9.17) is 0 Å². The molecule has 0 aromatic carbocycles. The molecule has 1 amide bonds. The van der Waals surface area contributed by atoms with Gasteiger partial charge < -0.3 is 4.90 Å². The molecule has 2 nitrogen and oxygen atoms in total. The van der Waals surface area contributed by atoms with E-state index in [-0.39, 0.29) is 18.5 Å². The van der Waals surface area contributed by atoms with E-state index in [0.717, 1.165) is 11.3 Å². The highest BCUT2D eigenvalue weighted by atomic mass is 19.4. The fourth-order valence-electron chi connectivity index (χ4n) is 1.78. The van der Waals surface area contributed by atoms with Gasteiger partial charge in [0.15, 0.2) is 0 Å². The molecule has 2 atom stereocenters. The molecule has 0 aromatic heterocycles. The maximum atomic E-state index is 12.1. The number of piperidine rings is 1. The summed E-state index contributed by atoms with van der Waals surface area (Å²) in [5.41, 5.74) is 0. The summed E-state index contributed by atoms with van der Waals surface area (Å²) in [4.78, 5) is 11.9. The second-order valence-electron chi connectivity index (χ2n) is 3.86. The average molecular weight is 209 g/mol. The molecule has 5 heteroatoms. The second kappa shape index (κ2) is 3.79. The van der Waals surface area contributed by atoms with Crippen molar-refractivity contribution in [2.45, 2.75) is 38.9 Å². The lowest BCUT2D eigenvalue weighted by atomic mass is 9.92. The zero-order valence-electron chi connectivity index (χ0n) is 8.27. The molecule has 0 spiro atoms. The number of amides is 1. The first kappa shape index (κ1) is 11.3. The maximum absolute atomic E-state index is 12.1. The Labute approximate surface area is 81.1 Å². The lowest BCUT2D eigenvalue weighted by Gasteiger charge is -2.38. The van der Waals surface area contributed by atoms with Crippen LogP contribution in [0.15, 0.2) is 0 Å². The predicted octanol–water partition coefficient (Wildman–Crippen LogP) is 2.20. The number of carbonyl (C=O) groups is 1. The highest BCUT2D eigenvalue weighted by molar-refractivity contribution is 5.82. The van der Waals surface area contributed by atoms with E-state index in [1.165, 1.54) is 0 Å². The minimum absolute atomic E-state index is 0.148. The van der Waals surface area contributed by atoms with Crippen LogP contribution < -0.4 is 0 Å². The maximum Gasteiger partial charge on any atom is 0.471 e. The smallest absolute Gasteiger partial charge is 0.332 e. The van der Waals surface area contributed by atoms with Gasteiger partial charge in [0.05, 0.1) is 0 Å². The Hall–Kier alpha value is -0.740. The van der Waals surface area contributed by atoms with Crippen LogP contribution in [0.4, 0.5) is 13.2 Å². The van der Waals surface area contributed by atoms with Crippen LogP contribution in [0, 0.1) is 5.92 Å². The van der Waals surface area contributed by atoms with Gasteiger partial charge in [-0.2, -0.15) is 13.2 Å². The van der Waals surface area contributed by atoms with E-state index in [2.05, 4.69) is 0 Å². The van der Waals surface area contributed by atoms with E-state index in [0.29, 0.717) is 6.42 Å². The van der Waals surface area contributed by atoms with Gasteiger partial charge in [-0.1, -0.05) is 6.92 Å². The van der Waals surface area contributed by atoms with Crippen molar-refractivity contribution < 1.29 is 18.0 Å². The van der Waals surface area contributed by atoms with Crippen LogP contribution in [0.5, 0.6) is 0 Å². The Morgan fingerprint density at radius 3 is 2.43 bits per heavy atom. The first-order valence-electron chi connectivity index (χ1n) is 4.72. The van der Waals surface area contributed by atoms with E-state index >= 15 is 0 Å². The lowest BCUT2D eigenvalue weighted by molar-refractivity contribution is -0.189. The van der Waals surface area contributed by atoms with Crippen molar-refractivity contribution in [1.29, 1.82) is 0 Å². The van der Waals surface area contributed by atoms with Gasteiger partial charge in [-0.25, -0.2) is 0 Å². The van der Waals surface area contributed by atoms with Gasteiger partial charge in [-0.3, -0.25) is 4.79 Å². The summed E-state index contributed by atoms with van der Waals surface area (Å²) in [6.45, 7) is 3.78. The van der Waals surface area contributed by atoms with Crippen LogP contribution in [-0.4, -0.2) is 29.6 Å². The van der Waals surface area contributed by atoms with E-state index in [9.17, 15) is 18.0 Å². The zero-order chi connectivity index (χ0) is 10.9. The number of hydrogen-bond acceptors (Lipinski definition) is 1. The van der Waals surface area contributed by atoms with Crippen molar-refractivity contribution in [1.82, 2.24) is 4.90 Å². The van der Waals surface area contributed by atoms with Crippen molar-refractivity contribution in [2.75, 3.05) is 6.54 Å². The molecule has 1 saturated heterocycles. The van der Waals surface area contributed by atoms with Crippen LogP contribution in [0.25, 0.3) is 0 Å². The Morgan fingerprint density at radius 2 is 1.93 bits per heavy atom. The van der Waals surface area contributed by atoms with Gasteiger partial charge >= 0.3 is 12.1 Å². The molecular formula is C9H14F3NO. The number of hydrogen-bond donors (Lipinski definition) is 0. The van der Waals surface area contributed by atoms with Crippen molar-refractivity contribution in [2.24, 2.45) is 5.92 Å². The van der Waals surface area contributed by atoms with Gasteiger partial charge in [0.2, 0.25) is 0 Å². The molecule has 0 N–H and O–H groups in total. The molecule has 1 rings (SSSR count). The van der Waals surface area contributed by atoms with Crippen LogP contribution in [0.3, 0.4) is 0 Å². The molecular weight excluding hydrogens is 195 g/mol. The van der Waals surface area contributed by atoms with Crippen LogP contribution in [0.2, 0.25) is 0 Å². The van der Waals surface area contributed by atoms with Crippen molar-refractivity contribution in [3.05, 3.63) is 0 Å². The molecule has 0 aliphatic carbocycles. The van der Waals surface area contributed by atoms with Gasteiger partial charge in [0.1, 0.15) is 0 Å². The fourth-order valence-corrected chi connectivity index (χ4v) is 1.78. The van der Waals surface area contributed by atoms with Crippen molar-refractivity contribution in [3.63, 3.8) is 0 Å². The molecule has 0 saturated carbocycles. The van der Waals surface area contributed by atoms with Gasteiger partial charge in [0, 0.05) is 12.6 Å². The van der Waals surface area contributed by atoms with Gasteiger partial charge in [-0.05, 0) is 25.7 Å². The monoisotopic (exact) mass is 209 g/mol. The summed E-state index contributed by atoms with van der Waals surface area (Å²) in [5.74, 6) is -1.55. The number of likely N-dealkylation sites (tertiary alicyclic amines) is 1. The van der Waals surface area contributed by atoms with Crippen molar-refractivity contribution in [3.8, 4) is 0 Å². The number of alkyl halides is 3. The summed E-state index contributed by atoms with van der Waals surface area (Å²) in [7, 11) is 0. The van der Waals surface area contributed by atoms with Crippen molar-refractivity contribution >= 4 is 5.91 Å². The quantitative estimate of drug-likeness (QED) is 0.599. The normalized spacial score (nSPS) is 29.1. The highest BCUT2D eigenvalue weighted by Gasteiger charge is 2.45.